The number of nitrogens with two attached hydrogens (primary N) is 1. The van der Waals surface area contributed by atoms with E-state index in [1.54, 1.807) is 0 Å². The van der Waals surface area contributed by atoms with E-state index in [0.29, 0.717) is 5.56 Å². The number of nitrogens with zero attached hydrogens (tertiary/aromatic N) is 2. The first-order valence-corrected chi connectivity index (χ1v) is 7.33. The maximum atomic E-state index is 13.0. The molecular weight excluding hydrogens is 342 g/mol. The van der Waals surface area contributed by atoms with Crippen LogP contribution in [0.3, 0.4) is 0 Å². The van der Waals surface area contributed by atoms with Gasteiger partial charge in [0.25, 0.3) is 0 Å². The Bertz CT molecular complexity index is 688. The van der Waals surface area contributed by atoms with E-state index in [-0.39, 0.29) is 5.56 Å². The Hall–Kier alpha value is -2.55. The highest BCUT2D eigenvalue weighted by Crippen LogP contribution is 2.29. The first-order valence-electron chi connectivity index (χ1n) is 7.33. The smallest absolute Gasteiger partial charge is 0.451 e. The summed E-state index contributed by atoms with van der Waals surface area (Å²) in [5.41, 5.74) is 6.02. The monoisotopic (exact) mass is 359 g/mol. The number of rotatable bonds is 4. The van der Waals surface area contributed by atoms with Crippen LogP contribution in [0.2, 0.25) is 0 Å². The molecule has 2 aromatic rings. The molecule has 0 fully saturated rings. The molecular formula is C16H17F4N3O2. The van der Waals surface area contributed by atoms with Crippen LogP contribution in [0.5, 0.6) is 0 Å². The summed E-state index contributed by atoms with van der Waals surface area (Å²) < 4.78 is 50.5. The molecule has 0 radical (unpaired) electrons. The number of hydrogen-bond acceptors (Lipinski definition) is 4. The maximum absolute atomic E-state index is 13.0. The average Bonchev–Trinajstić information content (AvgIpc) is 2.58. The van der Waals surface area contributed by atoms with Gasteiger partial charge in [0.05, 0.1) is 0 Å². The second-order valence-corrected chi connectivity index (χ2v) is 4.73. The van der Waals surface area contributed by atoms with Gasteiger partial charge in [-0.15, -0.1) is 0 Å². The average molecular weight is 359 g/mol. The van der Waals surface area contributed by atoms with E-state index in [2.05, 4.69) is 9.97 Å². The SMILES string of the molecule is CC.N[C@H](C(=O)O)[C@@H](c1ccc(F)cc1)c1cnc(C(F)(F)F)nc1. The largest absolute Gasteiger partial charge is 0.480 e. The summed E-state index contributed by atoms with van der Waals surface area (Å²) in [7, 11) is 0. The van der Waals surface area contributed by atoms with Gasteiger partial charge in [0.2, 0.25) is 5.82 Å². The molecule has 2 rings (SSSR count). The molecule has 3 N–H and O–H groups in total. The van der Waals surface area contributed by atoms with Gasteiger partial charge in [0, 0.05) is 18.3 Å². The van der Waals surface area contributed by atoms with Crippen molar-refractivity contribution in [1.29, 1.82) is 0 Å². The first-order chi connectivity index (χ1) is 11.7. The van der Waals surface area contributed by atoms with Crippen molar-refractivity contribution < 1.29 is 27.5 Å². The molecule has 0 aliphatic heterocycles. The van der Waals surface area contributed by atoms with Gasteiger partial charge in [0.1, 0.15) is 11.9 Å². The predicted octanol–water partition coefficient (Wildman–Crippen LogP) is 3.20. The fourth-order valence-electron chi connectivity index (χ4n) is 2.06. The van der Waals surface area contributed by atoms with E-state index >= 15 is 0 Å². The molecule has 1 heterocycles. The summed E-state index contributed by atoms with van der Waals surface area (Å²) in [6.45, 7) is 4.00. The van der Waals surface area contributed by atoms with Gasteiger partial charge in [-0.2, -0.15) is 13.2 Å². The summed E-state index contributed by atoms with van der Waals surface area (Å²) in [5.74, 6) is -4.27. The highest BCUT2D eigenvalue weighted by atomic mass is 19.4. The summed E-state index contributed by atoms with van der Waals surface area (Å²) in [6.07, 6.45) is -2.97. The minimum atomic E-state index is -4.71. The topological polar surface area (TPSA) is 89.1 Å². The Kier molecular flexibility index (Phi) is 6.98. The lowest BCUT2D eigenvalue weighted by molar-refractivity contribution is -0.145. The van der Waals surface area contributed by atoms with Crippen molar-refractivity contribution in [3.05, 3.63) is 59.4 Å². The minimum absolute atomic E-state index is 0.0829. The van der Waals surface area contributed by atoms with Crippen molar-refractivity contribution in [2.75, 3.05) is 0 Å². The lowest BCUT2D eigenvalue weighted by Crippen LogP contribution is -2.37. The van der Waals surface area contributed by atoms with Crippen molar-refractivity contribution in [3.63, 3.8) is 0 Å². The zero-order chi connectivity index (χ0) is 19.2. The van der Waals surface area contributed by atoms with Gasteiger partial charge in [-0.3, -0.25) is 4.79 Å². The summed E-state index contributed by atoms with van der Waals surface area (Å²) in [5, 5.41) is 9.09. The molecule has 0 saturated carbocycles. The Morgan fingerprint density at radius 3 is 1.96 bits per heavy atom. The number of halogens is 4. The highest BCUT2D eigenvalue weighted by Gasteiger charge is 2.35. The maximum Gasteiger partial charge on any atom is 0.451 e. The normalized spacial score (nSPS) is 13.4. The molecule has 0 aliphatic carbocycles. The number of hydrogen-bond donors (Lipinski definition) is 2. The molecule has 136 valence electrons. The van der Waals surface area contributed by atoms with Gasteiger partial charge in [-0.25, -0.2) is 14.4 Å². The van der Waals surface area contributed by atoms with Crippen molar-refractivity contribution in [2.45, 2.75) is 32.0 Å². The number of carbonyl (C=O) groups is 1. The lowest BCUT2D eigenvalue weighted by Gasteiger charge is -2.21. The third kappa shape index (κ3) is 5.21. The Morgan fingerprint density at radius 1 is 1.08 bits per heavy atom. The molecule has 0 amide bonds. The van der Waals surface area contributed by atoms with Crippen LogP contribution in [0.25, 0.3) is 0 Å². The van der Waals surface area contributed by atoms with Crippen LogP contribution in [-0.4, -0.2) is 27.1 Å². The minimum Gasteiger partial charge on any atom is -0.480 e. The molecule has 0 aliphatic rings. The van der Waals surface area contributed by atoms with Crippen molar-refractivity contribution in [3.8, 4) is 0 Å². The van der Waals surface area contributed by atoms with E-state index in [1.165, 1.54) is 12.1 Å². The molecule has 1 aromatic carbocycles. The van der Waals surface area contributed by atoms with Crippen LogP contribution in [0.1, 0.15) is 36.7 Å². The first kappa shape index (κ1) is 20.5. The van der Waals surface area contributed by atoms with E-state index in [9.17, 15) is 22.4 Å². The molecule has 9 heteroatoms. The Morgan fingerprint density at radius 2 is 1.56 bits per heavy atom. The third-order valence-electron chi connectivity index (χ3n) is 3.16. The number of carboxylic acid groups (broad SMARTS) is 1. The van der Waals surface area contributed by atoms with Gasteiger partial charge in [0.15, 0.2) is 0 Å². The predicted molar refractivity (Wildman–Crippen MR) is 82.2 cm³/mol. The van der Waals surface area contributed by atoms with Gasteiger partial charge < -0.3 is 10.8 Å². The molecule has 0 bridgehead atoms. The van der Waals surface area contributed by atoms with Gasteiger partial charge >= 0.3 is 12.1 Å². The fourth-order valence-corrected chi connectivity index (χ4v) is 2.06. The fraction of sp³-hybridized carbons (Fsp3) is 0.312. The van der Waals surface area contributed by atoms with E-state index in [4.69, 9.17) is 10.8 Å². The molecule has 0 spiro atoms. The second kappa shape index (κ2) is 8.52. The number of alkyl halides is 3. The molecule has 0 unspecified atom stereocenters. The van der Waals surface area contributed by atoms with Crippen LogP contribution in [0.15, 0.2) is 36.7 Å². The van der Waals surface area contributed by atoms with E-state index in [0.717, 1.165) is 24.5 Å². The van der Waals surface area contributed by atoms with E-state index in [1.807, 2.05) is 13.8 Å². The molecule has 5 nitrogen and oxygen atoms in total. The second-order valence-electron chi connectivity index (χ2n) is 4.73. The summed E-state index contributed by atoms with van der Waals surface area (Å²) in [4.78, 5) is 17.6. The zero-order valence-corrected chi connectivity index (χ0v) is 13.5. The van der Waals surface area contributed by atoms with Crippen LogP contribution >= 0.6 is 0 Å². The lowest BCUT2D eigenvalue weighted by atomic mass is 9.87. The van der Waals surface area contributed by atoms with Gasteiger partial charge in [-0.05, 0) is 23.3 Å². The molecule has 1 aromatic heterocycles. The van der Waals surface area contributed by atoms with E-state index < -0.39 is 35.7 Å². The van der Waals surface area contributed by atoms with Crippen molar-refractivity contribution in [1.82, 2.24) is 9.97 Å². The highest BCUT2D eigenvalue weighted by molar-refractivity contribution is 5.75. The Balaban J connectivity index is 0.00000151. The van der Waals surface area contributed by atoms with Crippen LogP contribution in [0, 0.1) is 5.82 Å². The van der Waals surface area contributed by atoms with Crippen molar-refractivity contribution >= 4 is 5.97 Å². The number of aromatic nitrogens is 2. The van der Waals surface area contributed by atoms with Crippen LogP contribution in [-0.2, 0) is 11.0 Å². The Labute approximate surface area is 141 Å². The number of aliphatic carboxylic acids is 1. The molecule has 0 saturated heterocycles. The van der Waals surface area contributed by atoms with Gasteiger partial charge in [-0.1, -0.05) is 26.0 Å². The standard InChI is InChI=1S/C14H11F4N3O2.C2H6/c15-9-3-1-7(2-4-9)10(11(19)12(22)23)8-5-20-13(21-6-8)14(16,17)18;1-2/h1-6,10-11H,19H2,(H,22,23);1-2H3/t10-,11-;/m0./s1. The van der Waals surface area contributed by atoms with Crippen molar-refractivity contribution in [2.24, 2.45) is 5.73 Å². The number of benzene rings is 1. The molecule has 2 atom stereocenters. The van der Waals surface area contributed by atoms with Crippen LogP contribution in [0.4, 0.5) is 17.6 Å². The summed E-state index contributed by atoms with van der Waals surface area (Å²) in [6, 6.07) is 3.35. The number of carboxylic acids is 1. The van der Waals surface area contributed by atoms with Crippen LogP contribution < -0.4 is 5.73 Å². The zero-order valence-electron chi connectivity index (χ0n) is 13.5. The third-order valence-corrected chi connectivity index (χ3v) is 3.16. The quantitative estimate of drug-likeness (QED) is 0.819. The summed E-state index contributed by atoms with van der Waals surface area (Å²) >= 11 is 0. The molecule has 25 heavy (non-hydrogen) atoms.